The molecule has 1 N–H and O–H groups in total. The van der Waals surface area contributed by atoms with Gasteiger partial charge in [-0.2, -0.15) is 0 Å². The summed E-state index contributed by atoms with van der Waals surface area (Å²) >= 11 is 3.06. The highest BCUT2D eigenvalue weighted by Gasteiger charge is 2.24. The molecule has 0 spiro atoms. The topological polar surface area (TPSA) is 63.2 Å². The van der Waals surface area contributed by atoms with Crippen LogP contribution in [-0.4, -0.2) is 20.9 Å². The van der Waals surface area contributed by atoms with E-state index >= 15 is 0 Å². The summed E-state index contributed by atoms with van der Waals surface area (Å²) in [5.74, 6) is -1.36. The third-order valence-corrected chi connectivity index (χ3v) is 5.32. The minimum absolute atomic E-state index is 0.272. The molecule has 1 aliphatic carbocycles. The molecule has 1 aliphatic rings. The average molecular weight is 399 g/mol. The molecular formula is C13H14BrClFNO3S. The highest BCUT2D eigenvalue weighted by atomic mass is 79.9. The number of hydrogen-bond donors (Lipinski definition) is 1. The van der Waals surface area contributed by atoms with Gasteiger partial charge in [-0.25, -0.2) is 12.8 Å². The normalized spacial score (nSPS) is 16.1. The molecule has 0 aliphatic heterocycles. The molecule has 0 aromatic heterocycles. The monoisotopic (exact) mass is 397 g/mol. The number of rotatable bonds is 4. The maximum Gasteiger partial charge on any atom is 0.264 e. The summed E-state index contributed by atoms with van der Waals surface area (Å²) < 4.78 is 37.1. The van der Waals surface area contributed by atoms with Gasteiger partial charge in [-0.15, -0.1) is 0 Å². The lowest BCUT2D eigenvalue weighted by Crippen LogP contribution is -2.29. The maximum absolute atomic E-state index is 14.2. The van der Waals surface area contributed by atoms with Crippen LogP contribution < -0.4 is 5.32 Å². The second kappa shape index (κ2) is 6.62. The molecule has 0 atom stereocenters. The van der Waals surface area contributed by atoms with Crippen LogP contribution in [-0.2, 0) is 9.05 Å². The van der Waals surface area contributed by atoms with E-state index in [-0.39, 0.29) is 10.0 Å². The molecule has 0 bridgehead atoms. The van der Waals surface area contributed by atoms with Crippen molar-refractivity contribution < 1.29 is 17.6 Å². The molecular weight excluding hydrogens is 385 g/mol. The molecule has 2 rings (SSSR count). The highest BCUT2D eigenvalue weighted by Crippen LogP contribution is 2.27. The molecule has 1 amide bonds. The average Bonchev–Trinajstić information content (AvgIpc) is 2.90. The Labute approximate surface area is 135 Å². The van der Waals surface area contributed by atoms with Crippen molar-refractivity contribution in [2.75, 3.05) is 6.54 Å². The van der Waals surface area contributed by atoms with Crippen LogP contribution in [0, 0.1) is 11.7 Å². The Morgan fingerprint density at radius 3 is 2.57 bits per heavy atom. The van der Waals surface area contributed by atoms with Gasteiger partial charge < -0.3 is 5.32 Å². The van der Waals surface area contributed by atoms with Gasteiger partial charge in [0.2, 0.25) is 0 Å². The molecule has 4 nitrogen and oxygen atoms in total. The second-order valence-electron chi connectivity index (χ2n) is 5.06. The Hall–Kier alpha value is -0.660. The zero-order valence-electron chi connectivity index (χ0n) is 11.0. The first-order valence-electron chi connectivity index (χ1n) is 6.51. The van der Waals surface area contributed by atoms with E-state index < -0.39 is 25.7 Å². The molecule has 1 fully saturated rings. The largest absolute Gasteiger partial charge is 0.352 e. The summed E-state index contributed by atoms with van der Waals surface area (Å²) in [5, 5.41) is 2.65. The Bertz CT molecular complexity index is 660. The van der Waals surface area contributed by atoms with Gasteiger partial charge >= 0.3 is 0 Å². The maximum atomic E-state index is 14.2. The molecule has 0 radical (unpaired) electrons. The minimum atomic E-state index is -4.26. The van der Waals surface area contributed by atoms with E-state index in [1.165, 1.54) is 6.07 Å². The summed E-state index contributed by atoms with van der Waals surface area (Å²) in [6.07, 6.45) is 4.37. The van der Waals surface area contributed by atoms with E-state index in [1.807, 2.05) is 0 Å². The molecule has 1 saturated carbocycles. The fourth-order valence-corrected chi connectivity index (χ4v) is 3.99. The smallest absolute Gasteiger partial charge is 0.264 e. The van der Waals surface area contributed by atoms with E-state index in [0.29, 0.717) is 12.5 Å². The Morgan fingerprint density at radius 2 is 2.00 bits per heavy atom. The van der Waals surface area contributed by atoms with Crippen LogP contribution in [0.25, 0.3) is 0 Å². The van der Waals surface area contributed by atoms with Crippen molar-refractivity contribution in [3.05, 3.63) is 28.0 Å². The summed E-state index contributed by atoms with van der Waals surface area (Å²) in [6.45, 7) is 0.466. The Kier molecular flexibility index (Phi) is 5.27. The first-order valence-corrected chi connectivity index (χ1v) is 9.61. The lowest BCUT2D eigenvalue weighted by atomic mass is 10.1. The van der Waals surface area contributed by atoms with Gasteiger partial charge in [0.05, 0.1) is 5.56 Å². The highest BCUT2D eigenvalue weighted by molar-refractivity contribution is 9.10. The number of benzene rings is 1. The van der Waals surface area contributed by atoms with Gasteiger partial charge in [0.25, 0.3) is 15.0 Å². The van der Waals surface area contributed by atoms with E-state index in [1.54, 1.807) is 0 Å². The number of carbonyl (C=O) groups excluding carboxylic acids is 1. The molecule has 8 heteroatoms. The molecule has 0 saturated heterocycles. The van der Waals surface area contributed by atoms with E-state index in [9.17, 15) is 17.6 Å². The number of carbonyl (C=O) groups is 1. The van der Waals surface area contributed by atoms with E-state index in [0.717, 1.165) is 31.7 Å². The van der Waals surface area contributed by atoms with Crippen LogP contribution >= 0.6 is 26.6 Å². The molecule has 0 heterocycles. The van der Waals surface area contributed by atoms with Crippen molar-refractivity contribution in [2.24, 2.45) is 5.92 Å². The summed E-state index contributed by atoms with van der Waals surface area (Å²) in [7, 11) is 0.917. The predicted octanol–water partition coefficient (Wildman–Crippen LogP) is 3.44. The van der Waals surface area contributed by atoms with Crippen LogP contribution in [0.2, 0.25) is 0 Å². The Morgan fingerprint density at radius 1 is 1.38 bits per heavy atom. The fourth-order valence-electron chi connectivity index (χ4n) is 2.45. The van der Waals surface area contributed by atoms with Crippen molar-refractivity contribution in [3.63, 3.8) is 0 Å². The van der Waals surface area contributed by atoms with Crippen molar-refractivity contribution in [3.8, 4) is 0 Å². The van der Waals surface area contributed by atoms with Crippen LogP contribution in [0.5, 0.6) is 0 Å². The van der Waals surface area contributed by atoms with Gasteiger partial charge in [0.15, 0.2) is 5.82 Å². The lowest BCUT2D eigenvalue weighted by molar-refractivity contribution is 0.0942. The fraction of sp³-hybridized carbons (Fsp3) is 0.462. The van der Waals surface area contributed by atoms with Gasteiger partial charge in [-0.1, -0.05) is 28.8 Å². The van der Waals surface area contributed by atoms with Gasteiger partial charge in [-0.05, 0) is 30.9 Å². The van der Waals surface area contributed by atoms with Crippen LogP contribution in [0.4, 0.5) is 4.39 Å². The van der Waals surface area contributed by atoms with Gasteiger partial charge in [-0.3, -0.25) is 4.79 Å². The van der Waals surface area contributed by atoms with Crippen LogP contribution in [0.3, 0.4) is 0 Å². The minimum Gasteiger partial charge on any atom is -0.352 e. The molecule has 116 valence electrons. The van der Waals surface area contributed by atoms with E-state index in [2.05, 4.69) is 21.2 Å². The first-order chi connectivity index (χ1) is 9.79. The molecule has 1 aromatic rings. The first kappa shape index (κ1) is 16.7. The predicted molar refractivity (Wildman–Crippen MR) is 81.4 cm³/mol. The third-order valence-electron chi connectivity index (χ3n) is 3.54. The lowest BCUT2D eigenvalue weighted by Gasteiger charge is -2.12. The molecule has 0 unspecified atom stereocenters. The zero-order chi connectivity index (χ0) is 15.6. The third kappa shape index (κ3) is 4.17. The Balaban J connectivity index is 2.22. The molecule has 1 aromatic carbocycles. The number of nitrogens with one attached hydrogen (secondary N) is 1. The van der Waals surface area contributed by atoms with Crippen molar-refractivity contribution in [1.82, 2.24) is 5.32 Å². The SMILES string of the molecule is O=C(NCC1CCCC1)c1cc(Br)cc(S(=O)(=O)Cl)c1F. The van der Waals surface area contributed by atoms with Crippen LogP contribution in [0.1, 0.15) is 36.0 Å². The summed E-state index contributed by atoms with van der Waals surface area (Å²) in [4.78, 5) is 11.3. The van der Waals surface area contributed by atoms with Gasteiger partial charge in [0.1, 0.15) is 4.90 Å². The number of amides is 1. The second-order valence-corrected chi connectivity index (χ2v) is 8.51. The van der Waals surface area contributed by atoms with E-state index in [4.69, 9.17) is 10.7 Å². The number of hydrogen-bond acceptors (Lipinski definition) is 3. The molecule has 21 heavy (non-hydrogen) atoms. The van der Waals surface area contributed by atoms with Crippen molar-refractivity contribution in [1.29, 1.82) is 0 Å². The van der Waals surface area contributed by atoms with Gasteiger partial charge in [0, 0.05) is 21.7 Å². The van der Waals surface area contributed by atoms with Crippen molar-refractivity contribution >= 4 is 41.6 Å². The quantitative estimate of drug-likeness (QED) is 0.790. The number of halogens is 3. The standard InChI is InChI=1S/C13H14BrClFNO3S/c14-9-5-10(12(16)11(6-9)21(15,19)20)13(18)17-7-8-3-1-2-4-8/h5-6,8H,1-4,7H2,(H,17,18). The van der Waals surface area contributed by atoms with Crippen molar-refractivity contribution in [2.45, 2.75) is 30.6 Å². The summed E-state index contributed by atoms with van der Waals surface area (Å²) in [5.41, 5.74) is -0.332. The summed E-state index contributed by atoms with van der Waals surface area (Å²) in [6, 6.07) is 2.27. The van der Waals surface area contributed by atoms with Crippen LogP contribution in [0.15, 0.2) is 21.5 Å². The zero-order valence-corrected chi connectivity index (χ0v) is 14.2.